The maximum absolute atomic E-state index is 11.9. The van der Waals surface area contributed by atoms with E-state index in [4.69, 9.17) is 4.74 Å². The van der Waals surface area contributed by atoms with Gasteiger partial charge in [0.05, 0.1) is 12.2 Å². The molecule has 2 N–H and O–H groups in total. The van der Waals surface area contributed by atoms with Gasteiger partial charge in [-0.1, -0.05) is 24.3 Å². The van der Waals surface area contributed by atoms with Crippen molar-refractivity contribution < 1.29 is 29.0 Å². The first-order valence-corrected chi connectivity index (χ1v) is 7.52. The fourth-order valence-corrected chi connectivity index (χ4v) is 1.98. The highest BCUT2D eigenvalue weighted by Crippen LogP contribution is 2.22. The summed E-state index contributed by atoms with van der Waals surface area (Å²) in [5, 5.41) is 11.2. The molecule has 0 saturated carbocycles. The van der Waals surface area contributed by atoms with Gasteiger partial charge in [0.1, 0.15) is 5.75 Å². The topological polar surface area (TPSA) is 102 Å². The monoisotopic (exact) mass is 343 g/mol. The second kappa shape index (κ2) is 8.49. The molecule has 0 bridgehead atoms. The van der Waals surface area contributed by atoms with Crippen LogP contribution < -0.4 is 5.32 Å². The number of rotatable bonds is 5. The SMILES string of the molecule is CCOC(=O)NC(=O)COC(=O)c1ccc(-c2ccc(O)cc2)cc1. The third kappa shape index (κ3) is 5.35. The van der Waals surface area contributed by atoms with Gasteiger partial charge in [0, 0.05) is 0 Å². The number of carbonyl (C=O) groups is 3. The van der Waals surface area contributed by atoms with Crippen molar-refractivity contribution in [3.05, 3.63) is 54.1 Å². The zero-order valence-corrected chi connectivity index (χ0v) is 13.5. The average molecular weight is 343 g/mol. The van der Waals surface area contributed by atoms with Crippen molar-refractivity contribution in [2.45, 2.75) is 6.92 Å². The van der Waals surface area contributed by atoms with Crippen molar-refractivity contribution in [2.24, 2.45) is 0 Å². The summed E-state index contributed by atoms with van der Waals surface area (Å²) in [5.41, 5.74) is 2.01. The van der Waals surface area contributed by atoms with Gasteiger partial charge in [-0.25, -0.2) is 9.59 Å². The second-order valence-electron chi connectivity index (χ2n) is 4.97. The van der Waals surface area contributed by atoms with Crippen molar-refractivity contribution in [2.75, 3.05) is 13.2 Å². The zero-order chi connectivity index (χ0) is 18.2. The highest BCUT2D eigenvalue weighted by Gasteiger charge is 2.13. The molecule has 0 spiro atoms. The number of hydrogen-bond donors (Lipinski definition) is 2. The molecule has 7 heteroatoms. The van der Waals surface area contributed by atoms with Gasteiger partial charge in [-0.15, -0.1) is 0 Å². The minimum atomic E-state index is -0.887. The Labute approximate surface area is 144 Å². The Balaban J connectivity index is 1.91. The molecule has 0 radical (unpaired) electrons. The molecular weight excluding hydrogens is 326 g/mol. The molecule has 7 nitrogen and oxygen atoms in total. The van der Waals surface area contributed by atoms with E-state index in [2.05, 4.69) is 4.74 Å². The fraction of sp³-hybridized carbons (Fsp3) is 0.167. The van der Waals surface area contributed by atoms with Crippen LogP contribution in [0, 0.1) is 0 Å². The third-order valence-corrected chi connectivity index (χ3v) is 3.17. The lowest BCUT2D eigenvalue weighted by Gasteiger charge is -2.07. The lowest BCUT2D eigenvalue weighted by molar-refractivity contribution is -0.123. The minimum absolute atomic E-state index is 0.131. The number of aromatic hydroxyl groups is 1. The van der Waals surface area contributed by atoms with E-state index >= 15 is 0 Å². The van der Waals surface area contributed by atoms with Crippen molar-refractivity contribution >= 4 is 18.0 Å². The van der Waals surface area contributed by atoms with Gasteiger partial charge in [-0.2, -0.15) is 0 Å². The van der Waals surface area contributed by atoms with Crippen LogP contribution in [0.5, 0.6) is 5.75 Å². The van der Waals surface area contributed by atoms with E-state index in [0.717, 1.165) is 11.1 Å². The molecule has 0 aliphatic heterocycles. The summed E-state index contributed by atoms with van der Waals surface area (Å²) in [5.74, 6) is -1.28. The number of hydrogen-bond acceptors (Lipinski definition) is 6. The quantitative estimate of drug-likeness (QED) is 0.809. The molecule has 0 aromatic heterocycles. The number of esters is 1. The van der Waals surface area contributed by atoms with Gasteiger partial charge in [-0.3, -0.25) is 10.1 Å². The number of benzene rings is 2. The van der Waals surface area contributed by atoms with Gasteiger partial charge in [0.2, 0.25) is 0 Å². The molecule has 2 amide bonds. The van der Waals surface area contributed by atoms with Crippen molar-refractivity contribution in [1.29, 1.82) is 0 Å². The molecule has 25 heavy (non-hydrogen) atoms. The standard InChI is InChI=1S/C18H17NO6/c1-2-24-18(23)19-16(21)11-25-17(22)14-5-3-12(4-6-14)13-7-9-15(20)10-8-13/h3-10,20H,2,11H2,1H3,(H,19,21,23). The Morgan fingerprint density at radius 3 is 2.04 bits per heavy atom. The van der Waals surface area contributed by atoms with Crippen LogP contribution in [0.15, 0.2) is 48.5 Å². The van der Waals surface area contributed by atoms with E-state index in [9.17, 15) is 19.5 Å². The first-order chi connectivity index (χ1) is 12.0. The molecule has 0 saturated heterocycles. The normalized spacial score (nSPS) is 9.96. The predicted octanol–water partition coefficient (Wildman–Crippen LogP) is 2.49. The van der Waals surface area contributed by atoms with Crippen LogP contribution >= 0.6 is 0 Å². The molecule has 2 rings (SSSR count). The number of carbonyl (C=O) groups excluding carboxylic acids is 3. The number of imide groups is 1. The van der Waals surface area contributed by atoms with Crippen molar-refractivity contribution in [1.82, 2.24) is 5.32 Å². The summed E-state index contributed by atoms with van der Waals surface area (Å²) in [6, 6.07) is 13.2. The zero-order valence-electron chi connectivity index (χ0n) is 13.5. The molecule has 0 aliphatic rings. The molecule has 0 unspecified atom stereocenters. The molecule has 0 aliphatic carbocycles. The number of ether oxygens (including phenoxy) is 2. The summed E-state index contributed by atoms with van der Waals surface area (Å²) in [6.45, 7) is 1.15. The van der Waals surface area contributed by atoms with Gasteiger partial charge >= 0.3 is 12.1 Å². The third-order valence-electron chi connectivity index (χ3n) is 3.17. The van der Waals surface area contributed by atoms with Crippen LogP contribution in [0.25, 0.3) is 11.1 Å². The summed E-state index contributed by atoms with van der Waals surface area (Å²) >= 11 is 0. The molecule has 0 fully saturated rings. The lowest BCUT2D eigenvalue weighted by Crippen LogP contribution is -2.34. The molecule has 0 heterocycles. The highest BCUT2D eigenvalue weighted by atomic mass is 16.6. The maximum Gasteiger partial charge on any atom is 0.413 e. The van der Waals surface area contributed by atoms with Gasteiger partial charge in [0.15, 0.2) is 6.61 Å². The van der Waals surface area contributed by atoms with E-state index in [-0.39, 0.29) is 17.9 Å². The molecule has 2 aromatic carbocycles. The Morgan fingerprint density at radius 2 is 1.48 bits per heavy atom. The van der Waals surface area contributed by atoms with Crippen molar-refractivity contribution in [3.63, 3.8) is 0 Å². The fourth-order valence-electron chi connectivity index (χ4n) is 1.98. The lowest BCUT2D eigenvalue weighted by atomic mass is 10.0. The predicted molar refractivity (Wildman–Crippen MR) is 89.0 cm³/mol. The summed E-state index contributed by atoms with van der Waals surface area (Å²) in [7, 11) is 0. The van der Waals surface area contributed by atoms with Gasteiger partial charge in [-0.05, 0) is 42.3 Å². The van der Waals surface area contributed by atoms with E-state index in [1.807, 2.05) is 5.32 Å². The van der Waals surface area contributed by atoms with E-state index in [1.165, 1.54) is 0 Å². The van der Waals surface area contributed by atoms with E-state index < -0.39 is 24.6 Å². The molecule has 2 aromatic rings. The average Bonchev–Trinajstić information content (AvgIpc) is 2.60. The Kier molecular flexibility index (Phi) is 6.11. The number of phenolic OH excluding ortho intramolecular Hbond substituents is 1. The minimum Gasteiger partial charge on any atom is -0.508 e. The molecule has 130 valence electrons. The van der Waals surface area contributed by atoms with E-state index in [0.29, 0.717) is 0 Å². The van der Waals surface area contributed by atoms with Crippen molar-refractivity contribution in [3.8, 4) is 16.9 Å². The van der Waals surface area contributed by atoms with E-state index in [1.54, 1.807) is 55.5 Å². The van der Waals surface area contributed by atoms with Crippen LogP contribution in [0.2, 0.25) is 0 Å². The summed E-state index contributed by atoms with van der Waals surface area (Å²) in [4.78, 5) is 34.4. The summed E-state index contributed by atoms with van der Waals surface area (Å²) in [6.07, 6.45) is -0.887. The first kappa shape index (κ1) is 18.0. The molecule has 0 atom stereocenters. The van der Waals surface area contributed by atoms with Crippen LogP contribution in [0.4, 0.5) is 4.79 Å². The largest absolute Gasteiger partial charge is 0.508 e. The number of amides is 2. The summed E-state index contributed by atoms with van der Waals surface area (Å²) < 4.78 is 9.38. The highest BCUT2D eigenvalue weighted by molar-refractivity contribution is 5.95. The number of phenols is 1. The number of nitrogens with one attached hydrogen (secondary N) is 1. The van der Waals surface area contributed by atoms with Gasteiger partial charge in [0.25, 0.3) is 5.91 Å². The Bertz CT molecular complexity index is 752. The smallest absolute Gasteiger partial charge is 0.413 e. The Hall–Kier alpha value is -3.35. The van der Waals surface area contributed by atoms with Gasteiger partial charge < -0.3 is 14.6 Å². The van der Waals surface area contributed by atoms with Crippen LogP contribution in [0.1, 0.15) is 17.3 Å². The second-order valence-corrected chi connectivity index (χ2v) is 4.97. The number of alkyl carbamates (subject to hydrolysis) is 1. The van der Waals surface area contributed by atoms with Crippen LogP contribution in [-0.2, 0) is 14.3 Å². The Morgan fingerprint density at radius 1 is 0.920 bits per heavy atom. The van der Waals surface area contributed by atoms with Crippen LogP contribution in [0.3, 0.4) is 0 Å². The van der Waals surface area contributed by atoms with Crippen LogP contribution in [-0.4, -0.2) is 36.3 Å². The maximum atomic E-state index is 11.9. The molecular formula is C18H17NO6. The first-order valence-electron chi connectivity index (χ1n) is 7.52.